The van der Waals surface area contributed by atoms with Gasteiger partial charge >= 0.3 is 0 Å². The Labute approximate surface area is 139 Å². The average molecular weight is 339 g/mol. The lowest BCUT2D eigenvalue weighted by atomic mass is 9.99. The van der Waals surface area contributed by atoms with Gasteiger partial charge in [0.1, 0.15) is 0 Å². The Hall–Kier alpha value is -1.50. The monoisotopic (exact) mass is 338 g/mol. The number of carbonyl (C=O) groups excluding carboxylic acids is 1. The molecule has 0 radical (unpaired) electrons. The summed E-state index contributed by atoms with van der Waals surface area (Å²) in [6, 6.07) is 5.95. The highest BCUT2D eigenvalue weighted by Crippen LogP contribution is 2.29. The summed E-state index contributed by atoms with van der Waals surface area (Å²) in [6.07, 6.45) is 5.56. The van der Waals surface area contributed by atoms with Crippen LogP contribution in [0, 0.1) is 0 Å². The van der Waals surface area contributed by atoms with E-state index in [1.807, 2.05) is 18.2 Å². The van der Waals surface area contributed by atoms with Crippen molar-refractivity contribution in [1.29, 1.82) is 0 Å². The van der Waals surface area contributed by atoms with Gasteiger partial charge in [0.15, 0.2) is 5.13 Å². The van der Waals surface area contributed by atoms with E-state index < -0.39 is 0 Å². The molecule has 2 heterocycles. The van der Waals surface area contributed by atoms with Gasteiger partial charge in [-0.1, -0.05) is 6.07 Å². The molecule has 0 bridgehead atoms. The molecule has 3 N–H and O–H groups in total. The van der Waals surface area contributed by atoms with Crippen molar-refractivity contribution >= 4 is 34.8 Å². The Morgan fingerprint density at radius 2 is 2.32 bits per heavy atom. The third kappa shape index (κ3) is 4.25. The van der Waals surface area contributed by atoms with E-state index in [1.165, 1.54) is 4.88 Å². The van der Waals surface area contributed by atoms with Crippen molar-refractivity contribution in [3.63, 3.8) is 0 Å². The fourth-order valence-corrected chi connectivity index (χ4v) is 3.54. The minimum Gasteiger partial charge on any atom is -0.327 e. The number of pyridine rings is 1. The van der Waals surface area contributed by atoms with E-state index >= 15 is 0 Å². The predicted octanol–water partition coefficient (Wildman–Crippen LogP) is 2.35. The van der Waals surface area contributed by atoms with E-state index in [0.29, 0.717) is 18.0 Å². The highest BCUT2D eigenvalue weighted by molar-refractivity contribution is 7.15. The number of nitrogens with zero attached hydrogens (tertiary/aromatic N) is 2. The summed E-state index contributed by atoms with van der Waals surface area (Å²) >= 11 is 1.55. The van der Waals surface area contributed by atoms with E-state index in [2.05, 4.69) is 15.3 Å². The fraction of sp³-hybridized carbons (Fsp3) is 0.400. The molecule has 5 nitrogen and oxygen atoms in total. The van der Waals surface area contributed by atoms with Crippen molar-refractivity contribution in [3.8, 4) is 0 Å². The number of rotatable bonds is 4. The molecule has 3 rings (SSSR count). The summed E-state index contributed by atoms with van der Waals surface area (Å²) in [7, 11) is 0. The van der Waals surface area contributed by atoms with E-state index in [0.717, 1.165) is 30.7 Å². The average Bonchev–Trinajstić information content (AvgIpc) is 2.87. The lowest BCUT2D eigenvalue weighted by Gasteiger charge is -2.15. The molecule has 0 fully saturated rings. The third-order valence-corrected chi connectivity index (χ3v) is 4.59. The number of fused-ring (bicyclic) bond motifs is 1. The standard InChI is InChI=1S/C15H18N4OS.ClH/c16-10-4-6-12-13(9-10)21-15(18-12)19-14(20)7-5-11-3-1-2-8-17-11;/h1-3,8,10H,4-7,9,16H2,(H,18,19,20);1H/t10-;/m0./s1. The maximum Gasteiger partial charge on any atom is 0.226 e. The van der Waals surface area contributed by atoms with Crippen LogP contribution in [0.4, 0.5) is 5.13 Å². The summed E-state index contributed by atoms with van der Waals surface area (Å²) in [4.78, 5) is 21.9. The molecular formula is C15H19ClN4OS. The molecule has 0 saturated heterocycles. The smallest absolute Gasteiger partial charge is 0.226 e. The first-order valence-electron chi connectivity index (χ1n) is 7.14. The number of amides is 1. The minimum absolute atomic E-state index is 0. The zero-order chi connectivity index (χ0) is 14.7. The predicted molar refractivity (Wildman–Crippen MR) is 90.6 cm³/mol. The van der Waals surface area contributed by atoms with Crippen LogP contribution in [0.1, 0.15) is 29.1 Å². The van der Waals surface area contributed by atoms with E-state index in [4.69, 9.17) is 5.73 Å². The topological polar surface area (TPSA) is 80.9 Å². The summed E-state index contributed by atoms with van der Waals surface area (Å²) in [5.41, 5.74) is 7.98. The van der Waals surface area contributed by atoms with Gasteiger partial charge in [0.25, 0.3) is 0 Å². The Balaban J connectivity index is 0.00000176. The lowest BCUT2D eigenvalue weighted by Crippen LogP contribution is -2.27. The molecule has 0 aliphatic heterocycles. The van der Waals surface area contributed by atoms with Gasteiger partial charge < -0.3 is 11.1 Å². The van der Waals surface area contributed by atoms with Crippen LogP contribution < -0.4 is 11.1 Å². The second-order valence-electron chi connectivity index (χ2n) is 5.26. The van der Waals surface area contributed by atoms with Crippen LogP contribution in [-0.2, 0) is 24.1 Å². The number of aryl methyl sites for hydroxylation is 2. The SMILES string of the molecule is Cl.N[C@H]1CCc2nc(NC(=O)CCc3ccccn3)sc2C1. The van der Waals surface area contributed by atoms with Gasteiger partial charge in [0.05, 0.1) is 5.69 Å². The number of nitrogens with one attached hydrogen (secondary N) is 1. The molecule has 0 aromatic carbocycles. The van der Waals surface area contributed by atoms with Crippen LogP contribution in [0.15, 0.2) is 24.4 Å². The van der Waals surface area contributed by atoms with Gasteiger partial charge in [-0.3, -0.25) is 9.78 Å². The largest absolute Gasteiger partial charge is 0.327 e. The molecule has 2 aromatic heterocycles. The Kier molecular flexibility index (Phi) is 5.88. The molecule has 1 aliphatic carbocycles. The molecule has 7 heteroatoms. The molecule has 0 spiro atoms. The van der Waals surface area contributed by atoms with Crippen LogP contribution in [0.25, 0.3) is 0 Å². The minimum atomic E-state index is -0.0175. The molecule has 0 saturated carbocycles. The highest BCUT2D eigenvalue weighted by atomic mass is 35.5. The van der Waals surface area contributed by atoms with Gasteiger partial charge in [-0.05, 0) is 37.8 Å². The molecule has 1 amide bonds. The number of nitrogens with two attached hydrogens (primary N) is 1. The number of thiazole rings is 1. The molecule has 118 valence electrons. The zero-order valence-electron chi connectivity index (χ0n) is 12.1. The maximum atomic E-state index is 12.0. The van der Waals surface area contributed by atoms with E-state index in [-0.39, 0.29) is 24.4 Å². The van der Waals surface area contributed by atoms with E-state index in [1.54, 1.807) is 17.5 Å². The second-order valence-corrected chi connectivity index (χ2v) is 6.34. The second kappa shape index (κ2) is 7.67. The summed E-state index contributed by atoms with van der Waals surface area (Å²) in [6.45, 7) is 0. The normalized spacial score (nSPS) is 16.5. The maximum absolute atomic E-state index is 12.0. The lowest BCUT2D eigenvalue weighted by molar-refractivity contribution is -0.116. The highest BCUT2D eigenvalue weighted by Gasteiger charge is 2.20. The number of hydrogen-bond donors (Lipinski definition) is 2. The van der Waals surface area contributed by atoms with Crippen molar-refractivity contribution in [2.75, 3.05) is 5.32 Å². The zero-order valence-corrected chi connectivity index (χ0v) is 13.8. The number of aromatic nitrogens is 2. The first-order chi connectivity index (χ1) is 10.2. The molecule has 2 aromatic rings. The fourth-order valence-electron chi connectivity index (χ4n) is 2.42. The van der Waals surface area contributed by atoms with Crippen LogP contribution in [0.3, 0.4) is 0 Å². The molecule has 1 atom stereocenters. The summed E-state index contributed by atoms with van der Waals surface area (Å²) in [5.74, 6) is -0.0175. The Morgan fingerprint density at radius 3 is 3.09 bits per heavy atom. The van der Waals surface area contributed by atoms with Crippen molar-refractivity contribution in [2.24, 2.45) is 5.73 Å². The van der Waals surface area contributed by atoms with Gasteiger partial charge in [-0.2, -0.15) is 0 Å². The van der Waals surface area contributed by atoms with E-state index in [9.17, 15) is 4.79 Å². The van der Waals surface area contributed by atoms with Crippen LogP contribution in [0.2, 0.25) is 0 Å². The summed E-state index contributed by atoms with van der Waals surface area (Å²) in [5, 5.41) is 3.58. The quantitative estimate of drug-likeness (QED) is 0.896. The summed E-state index contributed by atoms with van der Waals surface area (Å²) < 4.78 is 0. The Bertz CT molecular complexity index is 632. The van der Waals surface area contributed by atoms with Crippen LogP contribution in [-0.4, -0.2) is 21.9 Å². The third-order valence-electron chi connectivity index (χ3n) is 3.56. The molecule has 0 unspecified atom stereocenters. The first kappa shape index (κ1) is 16.9. The molecule has 1 aliphatic rings. The Morgan fingerprint density at radius 1 is 1.45 bits per heavy atom. The molecule has 22 heavy (non-hydrogen) atoms. The number of halogens is 1. The van der Waals surface area contributed by atoms with Crippen molar-refractivity contribution in [3.05, 3.63) is 40.7 Å². The first-order valence-corrected chi connectivity index (χ1v) is 7.96. The van der Waals surface area contributed by atoms with Gasteiger partial charge in [0, 0.05) is 29.2 Å². The van der Waals surface area contributed by atoms with Gasteiger partial charge in [-0.15, -0.1) is 23.7 Å². The van der Waals surface area contributed by atoms with Crippen LogP contribution >= 0.6 is 23.7 Å². The van der Waals surface area contributed by atoms with Crippen molar-refractivity contribution < 1.29 is 4.79 Å². The number of carbonyl (C=O) groups is 1. The molecular weight excluding hydrogens is 320 g/mol. The van der Waals surface area contributed by atoms with Gasteiger partial charge in [-0.25, -0.2) is 4.98 Å². The van der Waals surface area contributed by atoms with Gasteiger partial charge in [0.2, 0.25) is 5.91 Å². The van der Waals surface area contributed by atoms with Crippen LogP contribution in [0.5, 0.6) is 0 Å². The van der Waals surface area contributed by atoms with Crippen molar-refractivity contribution in [2.45, 2.75) is 38.1 Å². The number of hydrogen-bond acceptors (Lipinski definition) is 5. The van der Waals surface area contributed by atoms with Crippen molar-refractivity contribution in [1.82, 2.24) is 9.97 Å². The number of anilines is 1.